The summed E-state index contributed by atoms with van der Waals surface area (Å²) in [5, 5.41) is 10.5. The molecule has 1 nitrogen and oxygen atoms in total. The fourth-order valence-corrected chi connectivity index (χ4v) is 2.48. The third-order valence-corrected chi connectivity index (χ3v) is 3.56. The Morgan fingerprint density at radius 2 is 1.71 bits per heavy atom. The van der Waals surface area contributed by atoms with Gasteiger partial charge in [0, 0.05) is 12.5 Å². The minimum absolute atomic E-state index is 0.112. The van der Waals surface area contributed by atoms with Crippen LogP contribution >= 0.6 is 0 Å². The Morgan fingerprint density at radius 3 is 2.33 bits per heavy atom. The predicted octanol–water partition coefficient (Wildman–Crippen LogP) is 4.54. The summed E-state index contributed by atoms with van der Waals surface area (Å²) in [5.41, 5.74) is 2.01. The van der Waals surface area contributed by atoms with Crippen LogP contribution < -0.4 is 0 Å². The Hall–Kier alpha value is -1.74. The SMILES string of the molecule is CC(C)(C)c1ccccc1C(O)Cc1ccc(F)cc1F. The second kappa shape index (κ2) is 5.94. The van der Waals surface area contributed by atoms with E-state index >= 15 is 0 Å². The summed E-state index contributed by atoms with van der Waals surface area (Å²) in [7, 11) is 0. The second-order valence-electron chi connectivity index (χ2n) is 6.29. The van der Waals surface area contributed by atoms with Crippen molar-refractivity contribution < 1.29 is 13.9 Å². The van der Waals surface area contributed by atoms with Gasteiger partial charge in [0.05, 0.1) is 6.10 Å². The highest BCUT2D eigenvalue weighted by molar-refractivity contribution is 5.35. The van der Waals surface area contributed by atoms with Gasteiger partial charge >= 0.3 is 0 Å². The molecule has 0 amide bonds. The highest BCUT2D eigenvalue weighted by atomic mass is 19.1. The molecule has 0 heterocycles. The monoisotopic (exact) mass is 290 g/mol. The summed E-state index contributed by atoms with van der Waals surface area (Å²) in [6.45, 7) is 6.20. The van der Waals surface area contributed by atoms with Crippen LogP contribution in [0, 0.1) is 11.6 Å². The van der Waals surface area contributed by atoms with Gasteiger partial charge in [0.1, 0.15) is 11.6 Å². The molecule has 0 aromatic heterocycles. The van der Waals surface area contributed by atoms with Crippen molar-refractivity contribution >= 4 is 0 Å². The molecule has 2 rings (SSSR count). The van der Waals surface area contributed by atoms with Crippen LogP contribution in [0.2, 0.25) is 0 Å². The molecule has 0 radical (unpaired) electrons. The van der Waals surface area contributed by atoms with E-state index in [-0.39, 0.29) is 11.8 Å². The van der Waals surface area contributed by atoms with Crippen molar-refractivity contribution in [1.29, 1.82) is 0 Å². The van der Waals surface area contributed by atoms with Crippen LogP contribution in [0.3, 0.4) is 0 Å². The molecular formula is C18H20F2O. The lowest BCUT2D eigenvalue weighted by atomic mass is 9.81. The van der Waals surface area contributed by atoms with Crippen molar-refractivity contribution in [3.8, 4) is 0 Å². The maximum Gasteiger partial charge on any atom is 0.129 e. The first kappa shape index (κ1) is 15.6. The fourth-order valence-electron chi connectivity index (χ4n) is 2.48. The highest BCUT2D eigenvalue weighted by Crippen LogP contribution is 2.31. The van der Waals surface area contributed by atoms with Crippen LogP contribution in [0.15, 0.2) is 42.5 Å². The van der Waals surface area contributed by atoms with Gasteiger partial charge in [0.2, 0.25) is 0 Å². The number of hydrogen-bond donors (Lipinski definition) is 1. The van der Waals surface area contributed by atoms with Gasteiger partial charge in [-0.05, 0) is 28.2 Å². The van der Waals surface area contributed by atoms with Gasteiger partial charge in [0.15, 0.2) is 0 Å². The Kier molecular flexibility index (Phi) is 4.43. The standard InChI is InChI=1S/C18H20F2O/c1-18(2,3)15-7-5-4-6-14(15)17(21)10-12-8-9-13(19)11-16(12)20/h4-9,11,17,21H,10H2,1-3H3. The molecule has 1 N–H and O–H groups in total. The van der Waals surface area contributed by atoms with Gasteiger partial charge in [-0.15, -0.1) is 0 Å². The fraction of sp³-hybridized carbons (Fsp3) is 0.333. The first-order valence-electron chi connectivity index (χ1n) is 7.00. The molecule has 0 saturated carbocycles. The van der Waals surface area contributed by atoms with E-state index in [1.54, 1.807) is 0 Å². The van der Waals surface area contributed by atoms with Crippen molar-refractivity contribution in [2.24, 2.45) is 0 Å². The molecule has 0 spiro atoms. The van der Waals surface area contributed by atoms with E-state index in [1.165, 1.54) is 12.1 Å². The maximum atomic E-state index is 13.7. The minimum atomic E-state index is -0.819. The average Bonchev–Trinajstić information content (AvgIpc) is 2.41. The van der Waals surface area contributed by atoms with Gasteiger partial charge in [-0.2, -0.15) is 0 Å². The molecule has 21 heavy (non-hydrogen) atoms. The number of benzene rings is 2. The van der Waals surface area contributed by atoms with Gasteiger partial charge in [0.25, 0.3) is 0 Å². The Balaban J connectivity index is 2.31. The van der Waals surface area contributed by atoms with Crippen LogP contribution in [-0.2, 0) is 11.8 Å². The Morgan fingerprint density at radius 1 is 1.05 bits per heavy atom. The lowest BCUT2D eigenvalue weighted by Crippen LogP contribution is -2.17. The molecule has 1 unspecified atom stereocenters. The summed E-state index contributed by atoms with van der Waals surface area (Å²) in [4.78, 5) is 0. The van der Waals surface area contributed by atoms with Gasteiger partial charge < -0.3 is 5.11 Å². The zero-order valence-electron chi connectivity index (χ0n) is 12.5. The molecule has 0 saturated heterocycles. The van der Waals surface area contributed by atoms with Crippen LogP contribution in [0.5, 0.6) is 0 Å². The molecule has 0 aliphatic carbocycles. The van der Waals surface area contributed by atoms with Crippen LogP contribution in [0.1, 0.15) is 43.6 Å². The normalized spacial score (nSPS) is 13.2. The lowest BCUT2D eigenvalue weighted by molar-refractivity contribution is 0.174. The van der Waals surface area contributed by atoms with Crippen molar-refractivity contribution in [2.75, 3.05) is 0 Å². The van der Waals surface area contributed by atoms with Gasteiger partial charge in [-0.25, -0.2) is 8.78 Å². The van der Waals surface area contributed by atoms with E-state index in [0.29, 0.717) is 5.56 Å². The van der Waals surface area contributed by atoms with Gasteiger partial charge in [-0.1, -0.05) is 51.1 Å². The molecule has 3 heteroatoms. The Bertz CT molecular complexity index is 629. The maximum absolute atomic E-state index is 13.7. The van der Waals surface area contributed by atoms with Crippen LogP contribution in [0.4, 0.5) is 8.78 Å². The van der Waals surface area contributed by atoms with E-state index < -0.39 is 17.7 Å². The minimum Gasteiger partial charge on any atom is -0.388 e. The lowest BCUT2D eigenvalue weighted by Gasteiger charge is -2.25. The average molecular weight is 290 g/mol. The largest absolute Gasteiger partial charge is 0.388 e. The molecule has 1 atom stereocenters. The van der Waals surface area contributed by atoms with Gasteiger partial charge in [-0.3, -0.25) is 0 Å². The third-order valence-electron chi connectivity index (χ3n) is 3.56. The molecule has 0 aliphatic rings. The van der Waals surface area contributed by atoms with E-state index in [9.17, 15) is 13.9 Å². The Labute approximate surface area is 124 Å². The molecule has 2 aromatic carbocycles. The van der Waals surface area contributed by atoms with E-state index in [4.69, 9.17) is 0 Å². The first-order chi connectivity index (χ1) is 9.79. The summed E-state index contributed by atoms with van der Waals surface area (Å²) in [5.74, 6) is -1.23. The topological polar surface area (TPSA) is 20.2 Å². The van der Waals surface area contributed by atoms with Crippen molar-refractivity contribution in [3.05, 3.63) is 70.8 Å². The molecule has 0 bridgehead atoms. The predicted molar refractivity (Wildman–Crippen MR) is 80.2 cm³/mol. The van der Waals surface area contributed by atoms with E-state index in [2.05, 4.69) is 20.8 Å². The number of halogens is 2. The summed E-state index contributed by atoms with van der Waals surface area (Å²) in [6, 6.07) is 11.0. The molecule has 0 fully saturated rings. The zero-order chi connectivity index (χ0) is 15.6. The molecule has 112 valence electrons. The number of aliphatic hydroxyl groups is 1. The first-order valence-corrected chi connectivity index (χ1v) is 7.00. The van der Waals surface area contributed by atoms with Crippen molar-refractivity contribution in [3.63, 3.8) is 0 Å². The van der Waals surface area contributed by atoms with E-state index in [0.717, 1.165) is 17.2 Å². The number of hydrogen-bond acceptors (Lipinski definition) is 1. The van der Waals surface area contributed by atoms with Crippen molar-refractivity contribution in [1.82, 2.24) is 0 Å². The number of aliphatic hydroxyl groups excluding tert-OH is 1. The molecule has 0 aliphatic heterocycles. The van der Waals surface area contributed by atoms with Crippen LogP contribution in [-0.4, -0.2) is 5.11 Å². The summed E-state index contributed by atoms with van der Waals surface area (Å²) < 4.78 is 26.6. The van der Waals surface area contributed by atoms with Crippen LogP contribution in [0.25, 0.3) is 0 Å². The zero-order valence-corrected chi connectivity index (χ0v) is 12.5. The molecule has 2 aromatic rings. The van der Waals surface area contributed by atoms with Crippen molar-refractivity contribution in [2.45, 2.75) is 38.7 Å². The quantitative estimate of drug-likeness (QED) is 0.880. The smallest absolute Gasteiger partial charge is 0.129 e. The molecular weight excluding hydrogens is 270 g/mol. The summed E-state index contributed by atoms with van der Waals surface area (Å²) in [6.07, 6.45) is -0.695. The third kappa shape index (κ3) is 3.67. The summed E-state index contributed by atoms with van der Waals surface area (Å²) >= 11 is 0. The number of rotatable bonds is 3. The highest BCUT2D eigenvalue weighted by Gasteiger charge is 2.22. The van der Waals surface area contributed by atoms with E-state index in [1.807, 2.05) is 24.3 Å². The second-order valence-corrected chi connectivity index (χ2v) is 6.29.